The Labute approximate surface area is 202 Å². The summed E-state index contributed by atoms with van der Waals surface area (Å²) in [4.78, 5) is 23.3. The van der Waals surface area contributed by atoms with Crippen LogP contribution >= 0.6 is 0 Å². The van der Waals surface area contributed by atoms with E-state index in [1.165, 1.54) is 6.92 Å². The highest BCUT2D eigenvalue weighted by molar-refractivity contribution is 7.92. The van der Waals surface area contributed by atoms with Crippen molar-refractivity contribution < 1.29 is 31.8 Å². The fourth-order valence-electron chi connectivity index (χ4n) is 3.56. The SMILES string of the molecule is CN(C(=O)OC(C)(C)C)S(=O)(=O)C1([C@](C)(N[S@+]([O-])C(C)(C)C)c2cc([N+](=O)[O-])ccc2F)CC1. The number of non-ortho nitro benzene ring substituents is 1. The van der Waals surface area contributed by atoms with Gasteiger partial charge in [0.05, 0.1) is 4.92 Å². The first-order valence-corrected chi connectivity index (χ1v) is 13.1. The standard InChI is InChI=1S/C21H32FN3O7S2/c1-18(2,3)32-17(26)24(8)34(30,31)21(11-12-21)20(7,23-33(29)19(4,5)6)15-13-14(25(27)28)9-10-16(15)22/h9-10,13,23H,11-12H2,1-8H3/t20-,33-/m1/s1. The van der Waals surface area contributed by atoms with Gasteiger partial charge in [0.2, 0.25) is 10.0 Å². The minimum absolute atomic E-state index is 0.00452. The Morgan fingerprint density at radius 2 is 1.74 bits per heavy atom. The number of nitrogens with zero attached hydrogens (tertiary/aromatic N) is 2. The van der Waals surface area contributed by atoms with Crippen molar-refractivity contribution in [3.63, 3.8) is 0 Å². The number of rotatable bonds is 7. The molecule has 1 aliphatic rings. The van der Waals surface area contributed by atoms with E-state index in [9.17, 15) is 27.9 Å². The fourth-order valence-corrected chi connectivity index (χ4v) is 6.66. The van der Waals surface area contributed by atoms with E-state index in [-0.39, 0.29) is 18.4 Å². The van der Waals surface area contributed by atoms with Crippen molar-refractivity contribution in [1.29, 1.82) is 0 Å². The van der Waals surface area contributed by atoms with Gasteiger partial charge in [0.15, 0.2) is 0 Å². The molecule has 1 aromatic carbocycles. The number of hydrogen-bond donors (Lipinski definition) is 1. The molecule has 0 saturated heterocycles. The van der Waals surface area contributed by atoms with Crippen LogP contribution in [-0.2, 0) is 31.7 Å². The summed E-state index contributed by atoms with van der Waals surface area (Å²) in [5.74, 6) is -0.909. The molecule has 2 rings (SSSR count). The first kappa shape index (κ1) is 28.3. The van der Waals surface area contributed by atoms with Gasteiger partial charge in [-0.05, 0) is 67.4 Å². The summed E-state index contributed by atoms with van der Waals surface area (Å²) in [6.07, 6.45) is -1.14. The summed E-state index contributed by atoms with van der Waals surface area (Å²) < 4.78 is 61.5. The van der Waals surface area contributed by atoms with Crippen LogP contribution in [0.1, 0.15) is 66.9 Å². The molecule has 0 bridgehead atoms. The molecule has 1 fully saturated rings. The molecule has 0 aromatic heterocycles. The maximum absolute atomic E-state index is 15.1. The third-order valence-electron chi connectivity index (χ3n) is 5.67. The first-order valence-electron chi connectivity index (χ1n) is 10.6. The monoisotopic (exact) mass is 521 g/mol. The van der Waals surface area contributed by atoms with Crippen LogP contribution in [0, 0.1) is 15.9 Å². The lowest BCUT2D eigenvalue weighted by Gasteiger charge is -2.41. The Morgan fingerprint density at radius 3 is 2.15 bits per heavy atom. The number of sulfonamides is 1. The summed E-state index contributed by atoms with van der Waals surface area (Å²) in [5, 5.41) is 11.4. The van der Waals surface area contributed by atoms with Crippen molar-refractivity contribution in [3.05, 3.63) is 39.7 Å². The van der Waals surface area contributed by atoms with Crippen LogP contribution in [0.3, 0.4) is 0 Å². The van der Waals surface area contributed by atoms with Gasteiger partial charge in [-0.2, -0.15) is 0 Å². The van der Waals surface area contributed by atoms with Gasteiger partial charge in [0.25, 0.3) is 5.69 Å². The number of nitrogens with one attached hydrogen (secondary N) is 1. The lowest BCUT2D eigenvalue weighted by molar-refractivity contribution is -0.385. The topological polar surface area (TPSA) is 142 Å². The van der Waals surface area contributed by atoms with Crippen molar-refractivity contribution in [2.45, 2.75) is 81.9 Å². The molecule has 1 aliphatic carbocycles. The molecule has 1 aromatic rings. The zero-order valence-corrected chi connectivity index (χ0v) is 22.2. The Bertz CT molecular complexity index is 1080. The van der Waals surface area contributed by atoms with E-state index >= 15 is 4.39 Å². The molecular formula is C21H32FN3O7S2. The fraction of sp³-hybridized carbons (Fsp3) is 0.667. The van der Waals surface area contributed by atoms with Gasteiger partial charge in [-0.25, -0.2) is 21.9 Å². The van der Waals surface area contributed by atoms with E-state index in [0.29, 0.717) is 4.31 Å². The molecule has 0 aliphatic heterocycles. The number of nitro benzene ring substituents is 1. The molecule has 192 valence electrons. The van der Waals surface area contributed by atoms with Gasteiger partial charge in [0, 0.05) is 36.1 Å². The largest absolute Gasteiger partial charge is 0.598 e. The van der Waals surface area contributed by atoms with Gasteiger partial charge >= 0.3 is 6.09 Å². The molecule has 10 nitrogen and oxygen atoms in total. The Kier molecular flexibility index (Phi) is 7.42. The van der Waals surface area contributed by atoms with E-state index in [2.05, 4.69) is 4.72 Å². The van der Waals surface area contributed by atoms with E-state index in [4.69, 9.17) is 4.74 Å². The van der Waals surface area contributed by atoms with Crippen LogP contribution in [0.25, 0.3) is 0 Å². The van der Waals surface area contributed by atoms with Crippen LogP contribution in [0.5, 0.6) is 0 Å². The van der Waals surface area contributed by atoms with Gasteiger partial charge in [-0.15, -0.1) is 4.72 Å². The summed E-state index contributed by atoms with van der Waals surface area (Å²) >= 11 is -1.90. The summed E-state index contributed by atoms with van der Waals surface area (Å²) in [6.45, 7) is 11.0. The minimum Gasteiger partial charge on any atom is -0.598 e. The maximum atomic E-state index is 15.1. The number of benzene rings is 1. The molecule has 1 N–H and O–H groups in total. The number of ether oxygens (including phenoxy) is 1. The number of amides is 1. The maximum Gasteiger partial charge on any atom is 0.423 e. The third-order valence-corrected chi connectivity index (χ3v) is 10.1. The summed E-state index contributed by atoms with van der Waals surface area (Å²) in [7, 11) is -3.48. The highest BCUT2D eigenvalue weighted by Crippen LogP contribution is 2.58. The van der Waals surface area contributed by atoms with E-state index in [1.54, 1.807) is 41.5 Å². The molecule has 1 saturated carbocycles. The second kappa shape index (κ2) is 8.92. The normalized spacial score (nSPS) is 18.5. The number of halogens is 1. The average molecular weight is 522 g/mol. The molecular weight excluding hydrogens is 489 g/mol. The highest BCUT2D eigenvalue weighted by atomic mass is 32.2. The second-order valence-corrected chi connectivity index (χ2v) is 14.7. The molecule has 1 amide bonds. The van der Waals surface area contributed by atoms with Crippen molar-refractivity contribution in [2.24, 2.45) is 0 Å². The first-order chi connectivity index (χ1) is 15.2. The molecule has 0 heterocycles. The molecule has 0 spiro atoms. The smallest absolute Gasteiger partial charge is 0.423 e. The Hall–Kier alpha value is -1.96. The van der Waals surface area contributed by atoms with Gasteiger partial charge in [-0.1, -0.05) is 0 Å². The van der Waals surface area contributed by atoms with Crippen molar-refractivity contribution in [2.75, 3.05) is 7.05 Å². The van der Waals surface area contributed by atoms with Crippen molar-refractivity contribution in [3.8, 4) is 0 Å². The third kappa shape index (κ3) is 5.16. The number of carbonyl (C=O) groups is 1. The molecule has 2 atom stereocenters. The van der Waals surface area contributed by atoms with E-state index < -0.39 is 64.5 Å². The van der Waals surface area contributed by atoms with Crippen LogP contribution in [0.15, 0.2) is 18.2 Å². The number of hydrogen-bond acceptors (Lipinski definition) is 8. The van der Waals surface area contributed by atoms with Crippen molar-refractivity contribution in [1.82, 2.24) is 9.03 Å². The van der Waals surface area contributed by atoms with Crippen LogP contribution in [0.4, 0.5) is 14.9 Å². The summed E-state index contributed by atoms with van der Waals surface area (Å²) in [5.41, 5.74) is -3.66. The van der Waals surface area contributed by atoms with E-state index in [0.717, 1.165) is 25.2 Å². The van der Waals surface area contributed by atoms with Crippen molar-refractivity contribution >= 4 is 33.2 Å². The Balaban J connectivity index is 2.72. The average Bonchev–Trinajstić information content (AvgIpc) is 3.48. The zero-order chi connectivity index (χ0) is 26.5. The molecule has 13 heteroatoms. The highest BCUT2D eigenvalue weighted by Gasteiger charge is 2.71. The summed E-state index contributed by atoms with van der Waals surface area (Å²) in [6, 6.07) is 2.76. The number of nitro groups is 1. The van der Waals surface area contributed by atoms with Gasteiger partial charge in [-0.3, -0.25) is 10.1 Å². The van der Waals surface area contributed by atoms with Gasteiger partial charge < -0.3 is 9.29 Å². The lowest BCUT2D eigenvalue weighted by atomic mass is 9.86. The second-order valence-electron chi connectivity index (χ2n) is 10.5. The van der Waals surface area contributed by atoms with Crippen LogP contribution in [0.2, 0.25) is 0 Å². The van der Waals surface area contributed by atoms with Crippen LogP contribution in [-0.4, -0.2) is 50.4 Å². The van der Waals surface area contributed by atoms with Gasteiger partial charge in [0.1, 0.15) is 26.5 Å². The number of carbonyl (C=O) groups excluding carboxylic acids is 1. The molecule has 0 radical (unpaired) electrons. The van der Waals surface area contributed by atoms with E-state index in [1.807, 2.05) is 0 Å². The minimum atomic E-state index is -4.52. The predicted octanol–water partition coefficient (Wildman–Crippen LogP) is 3.73. The predicted molar refractivity (Wildman–Crippen MR) is 126 cm³/mol. The quantitative estimate of drug-likeness (QED) is 0.325. The Morgan fingerprint density at radius 1 is 1.21 bits per heavy atom. The lowest BCUT2D eigenvalue weighted by Crippen LogP contribution is -2.62. The van der Waals surface area contributed by atoms with Crippen LogP contribution < -0.4 is 4.72 Å². The zero-order valence-electron chi connectivity index (χ0n) is 20.6. The molecule has 34 heavy (non-hydrogen) atoms. The molecule has 0 unspecified atom stereocenters.